The first kappa shape index (κ1) is 11.6. The third-order valence-corrected chi connectivity index (χ3v) is 2.53. The Morgan fingerprint density at radius 2 is 1.76 bits per heavy atom. The van der Waals surface area contributed by atoms with E-state index in [9.17, 15) is 0 Å². The average molecular weight is 228 g/mol. The minimum absolute atomic E-state index is 0.685. The molecule has 2 rings (SSSR count). The minimum atomic E-state index is 0.685. The first-order valence-electron chi connectivity index (χ1n) is 5.87. The van der Waals surface area contributed by atoms with E-state index in [0.29, 0.717) is 6.61 Å². The number of hydrogen-bond donors (Lipinski definition) is 0. The van der Waals surface area contributed by atoms with Crippen LogP contribution in [-0.2, 0) is 6.42 Å². The van der Waals surface area contributed by atoms with Crippen LogP contribution in [0.5, 0.6) is 5.75 Å². The molecule has 1 aromatic carbocycles. The minimum Gasteiger partial charge on any atom is -0.494 e. The van der Waals surface area contributed by atoms with E-state index in [2.05, 4.69) is 16.9 Å². The lowest BCUT2D eigenvalue weighted by Gasteiger charge is -2.04. The van der Waals surface area contributed by atoms with Gasteiger partial charge < -0.3 is 4.74 Å². The zero-order valence-electron chi connectivity index (χ0n) is 10.2. The van der Waals surface area contributed by atoms with Crippen LogP contribution in [-0.4, -0.2) is 16.6 Å². The SMILES string of the molecule is CCOc1ccc(-c2cnc(CC)cn2)cc1. The fourth-order valence-electron chi connectivity index (χ4n) is 1.58. The van der Waals surface area contributed by atoms with Gasteiger partial charge >= 0.3 is 0 Å². The summed E-state index contributed by atoms with van der Waals surface area (Å²) in [6.45, 7) is 4.73. The summed E-state index contributed by atoms with van der Waals surface area (Å²) in [5, 5.41) is 0. The number of aryl methyl sites for hydroxylation is 1. The Morgan fingerprint density at radius 3 is 2.29 bits per heavy atom. The topological polar surface area (TPSA) is 35.0 Å². The number of rotatable bonds is 4. The summed E-state index contributed by atoms with van der Waals surface area (Å²) < 4.78 is 5.40. The molecule has 17 heavy (non-hydrogen) atoms. The van der Waals surface area contributed by atoms with Gasteiger partial charge in [-0.15, -0.1) is 0 Å². The largest absolute Gasteiger partial charge is 0.494 e. The van der Waals surface area contributed by atoms with Gasteiger partial charge in [-0.3, -0.25) is 9.97 Å². The molecule has 0 saturated carbocycles. The van der Waals surface area contributed by atoms with Crippen molar-refractivity contribution in [2.45, 2.75) is 20.3 Å². The lowest BCUT2D eigenvalue weighted by atomic mass is 10.1. The Hall–Kier alpha value is -1.90. The lowest BCUT2D eigenvalue weighted by Crippen LogP contribution is -1.92. The number of aromatic nitrogens is 2. The van der Waals surface area contributed by atoms with Crippen LogP contribution in [0, 0.1) is 0 Å². The third kappa shape index (κ3) is 2.81. The van der Waals surface area contributed by atoms with E-state index >= 15 is 0 Å². The van der Waals surface area contributed by atoms with Crippen LogP contribution < -0.4 is 4.74 Å². The van der Waals surface area contributed by atoms with Crippen LogP contribution in [0.3, 0.4) is 0 Å². The van der Waals surface area contributed by atoms with Crippen molar-refractivity contribution in [1.29, 1.82) is 0 Å². The summed E-state index contributed by atoms with van der Waals surface area (Å²) in [5.74, 6) is 0.884. The molecule has 0 aliphatic rings. The maximum Gasteiger partial charge on any atom is 0.119 e. The van der Waals surface area contributed by atoms with E-state index < -0.39 is 0 Å². The fraction of sp³-hybridized carbons (Fsp3) is 0.286. The van der Waals surface area contributed by atoms with Crippen molar-refractivity contribution in [1.82, 2.24) is 9.97 Å². The van der Waals surface area contributed by atoms with E-state index in [1.165, 1.54) is 0 Å². The summed E-state index contributed by atoms with van der Waals surface area (Å²) in [6.07, 6.45) is 4.55. The molecule has 0 N–H and O–H groups in total. The molecule has 0 saturated heterocycles. The highest BCUT2D eigenvalue weighted by Crippen LogP contribution is 2.20. The molecule has 0 fully saturated rings. The molecule has 88 valence electrons. The fourth-order valence-corrected chi connectivity index (χ4v) is 1.58. The van der Waals surface area contributed by atoms with Crippen molar-refractivity contribution < 1.29 is 4.74 Å². The predicted octanol–water partition coefficient (Wildman–Crippen LogP) is 3.10. The van der Waals surface area contributed by atoms with Gasteiger partial charge in [0.15, 0.2) is 0 Å². The lowest BCUT2D eigenvalue weighted by molar-refractivity contribution is 0.340. The summed E-state index contributed by atoms with van der Waals surface area (Å²) in [5.41, 5.74) is 2.97. The van der Waals surface area contributed by atoms with Crippen LogP contribution in [0.4, 0.5) is 0 Å². The molecule has 1 aromatic heterocycles. The first-order chi connectivity index (χ1) is 8.33. The number of benzene rings is 1. The maximum absolute atomic E-state index is 5.40. The third-order valence-electron chi connectivity index (χ3n) is 2.53. The van der Waals surface area contributed by atoms with Gasteiger partial charge in [0.25, 0.3) is 0 Å². The first-order valence-corrected chi connectivity index (χ1v) is 5.87. The Bertz CT molecular complexity index is 463. The van der Waals surface area contributed by atoms with Gasteiger partial charge in [0.2, 0.25) is 0 Å². The van der Waals surface area contributed by atoms with Crippen LogP contribution in [0.2, 0.25) is 0 Å². The Morgan fingerprint density at radius 1 is 1.00 bits per heavy atom. The van der Waals surface area contributed by atoms with Crippen molar-refractivity contribution in [2.75, 3.05) is 6.61 Å². The van der Waals surface area contributed by atoms with Gasteiger partial charge in [-0.25, -0.2) is 0 Å². The monoisotopic (exact) mass is 228 g/mol. The zero-order valence-corrected chi connectivity index (χ0v) is 10.2. The van der Waals surface area contributed by atoms with Gasteiger partial charge in [-0.2, -0.15) is 0 Å². The number of nitrogens with zero attached hydrogens (tertiary/aromatic N) is 2. The van der Waals surface area contributed by atoms with Gasteiger partial charge in [-0.1, -0.05) is 6.92 Å². The molecule has 0 bridgehead atoms. The second kappa shape index (κ2) is 5.43. The van der Waals surface area contributed by atoms with Gasteiger partial charge in [0, 0.05) is 11.8 Å². The highest BCUT2D eigenvalue weighted by molar-refractivity contribution is 5.58. The Kier molecular flexibility index (Phi) is 3.70. The second-order valence-corrected chi connectivity index (χ2v) is 3.70. The molecule has 3 nitrogen and oxygen atoms in total. The molecule has 2 aromatic rings. The Labute approximate surface area is 102 Å². The smallest absolute Gasteiger partial charge is 0.119 e. The molecule has 0 unspecified atom stereocenters. The molecule has 0 spiro atoms. The van der Waals surface area contributed by atoms with Crippen LogP contribution in [0.1, 0.15) is 19.5 Å². The Balaban J connectivity index is 2.20. The molecular weight excluding hydrogens is 212 g/mol. The quantitative estimate of drug-likeness (QED) is 0.806. The second-order valence-electron chi connectivity index (χ2n) is 3.70. The maximum atomic E-state index is 5.40. The summed E-state index contributed by atoms with van der Waals surface area (Å²) in [6, 6.07) is 7.91. The standard InChI is InChI=1S/C14H16N2O/c1-3-12-9-16-14(10-15-12)11-5-7-13(8-6-11)17-4-2/h5-10H,3-4H2,1-2H3. The predicted molar refractivity (Wildman–Crippen MR) is 68.0 cm³/mol. The average Bonchev–Trinajstić information content (AvgIpc) is 2.40. The molecule has 3 heteroatoms. The summed E-state index contributed by atoms with van der Waals surface area (Å²) in [4.78, 5) is 8.73. The van der Waals surface area contributed by atoms with Crippen molar-refractivity contribution >= 4 is 0 Å². The van der Waals surface area contributed by atoms with Crippen molar-refractivity contribution in [3.8, 4) is 17.0 Å². The van der Waals surface area contributed by atoms with Crippen LogP contribution in [0.15, 0.2) is 36.7 Å². The highest BCUT2D eigenvalue weighted by Gasteiger charge is 2.00. The van der Waals surface area contributed by atoms with E-state index in [1.807, 2.05) is 43.6 Å². The molecule has 0 aliphatic carbocycles. The molecule has 0 atom stereocenters. The van der Waals surface area contributed by atoms with Crippen LogP contribution in [0.25, 0.3) is 11.3 Å². The molecule has 1 heterocycles. The van der Waals surface area contributed by atoms with Crippen molar-refractivity contribution in [3.05, 3.63) is 42.4 Å². The van der Waals surface area contributed by atoms with E-state index in [-0.39, 0.29) is 0 Å². The van der Waals surface area contributed by atoms with Gasteiger partial charge in [0.1, 0.15) is 5.75 Å². The summed E-state index contributed by atoms with van der Waals surface area (Å²) >= 11 is 0. The summed E-state index contributed by atoms with van der Waals surface area (Å²) in [7, 11) is 0. The molecular formula is C14H16N2O. The number of ether oxygens (including phenoxy) is 1. The molecule has 0 amide bonds. The highest BCUT2D eigenvalue weighted by atomic mass is 16.5. The van der Waals surface area contributed by atoms with E-state index in [4.69, 9.17) is 4.74 Å². The molecule has 0 aliphatic heterocycles. The normalized spacial score (nSPS) is 10.2. The number of hydrogen-bond acceptors (Lipinski definition) is 3. The van der Waals surface area contributed by atoms with E-state index in [0.717, 1.165) is 29.1 Å². The van der Waals surface area contributed by atoms with Crippen molar-refractivity contribution in [2.24, 2.45) is 0 Å². The van der Waals surface area contributed by atoms with Crippen LogP contribution >= 0.6 is 0 Å². The van der Waals surface area contributed by atoms with Gasteiger partial charge in [0.05, 0.1) is 24.2 Å². The van der Waals surface area contributed by atoms with Gasteiger partial charge in [-0.05, 0) is 37.6 Å². The van der Waals surface area contributed by atoms with Crippen molar-refractivity contribution in [3.63, 3.8) is 0 Å². The molecule has 0 radical (unpaired) electrons. The van der Waals surface area contributed by atoms with E-state index in [1.54, 1.807) is 0 Å². The zero-order chi connectivity index (χ0) is 12.1.